The number of pyridine rings is 1. The fourth-order valence-corrected chi connectivity index (χ4v) is 6.52. The molecule has 1 saturated heterocycles. The smallest absolute Gasteiger partial charge is 0.306 e. The molecule has 1 N–H and O–H groups in total. The molecule has 0 radical (unpaired) electrons. The van der Waals surface area contributed by atoms with E-state index in [1.165, 1.54) is 7.11 Å². The highest BCUT2D eigenvalue weighted by Gasteiger charge is 2.39. The van der Waals surface area contributed by atoms with E-state index in [1.54, 1.807) is 13.0 Å². The second-order valence-electron chi connectivity index (χ2n) is 11.7. The molecular formula is C33H36F2N2O4. The van der Waals surface area contributed by atoms with Crippen molar-refractivity contribution in [2.45, 2.75) is 63.8 Å². The monoisotopic (exact) mass is 562 g/mol. The number of carboxylic acids is 1. The molecule has 0 bridgehead atoms. The van der Waals surface area contributed by atoms with E-state index >= 15 is 0 Å². The van der Waals surface area contributed by atoms with E-state index in [-0.39, 0.29) is 12.0 Å². The minimum Gasteiger partial charge on any atom is -0.485 e. The van der Waals surface area contributed by atoms with Gasteiger partial charge in [-0.2, -0.15) is 0 Å². The molecule has 4 atom stereocenters. The molecule has 6 rings (SSSR count). The van der Waals surface area contributed by atoms with Crippen molar-refractivity contribution in [3.63, 3.8) is 0 Å². The maximum atomic E-state index is 15.0. The largest absolute Gasteiger partial charge is 0.485 e. The van der Waals surface area contributed by atoms with E-state index in [4.69, 9.17) is 9.47 Å². The minimum absolute atomic E-state index is 0.0281. The maximum absolute atomic E-state index is 15.0. The molecule has 0 spiro atoms. The van der Waals surface area contributed by atoms with Gasteiger partial charge in [0, 0.05) is 31.3 Å². The molecule has 216 valence electrons. The molecular weight excluding hydrogens is 526 g/mol. The first-order chi connectivity index (χ1) is 19.8. The zero-order valence-corrected chi connectivity index (χ0v) is 23.5. The van der Waals surface area contributed by atoms with E-state index in [0.29, 0.717) is 43.4 Å². The van der Waals surface area contributed by atoms with Crippen LogP contribution in [0.5, 0.6) is 11.6 Å². The van der Waals surface area contributed by atoms with Gasteiger partial charge in [0.25, 0.3) is 0 Å². The lowest BCUT2D eigenvalue weighted by Gasteiger charge is -2.29. The minimum atomic E-state index is -0.852. The zero-order valence-electron chi connectivity index (χ0n) is 23.5. The molecule has 3 aliphatic rings. The Kier molecular flexibility index (Phi) is 7.68. The first-order valence-electron chi connectivity index (χ1n) is 14.5. The molecule has 8 heteroatoms. The molecule has 1 unspecified atom stereocenters. The lowest BCUT2D eigenvalue weighted by atomic mass is 9.82. The van der Waals surface area contributed by atoms with Gasteiger partial charge < -0.3 is 14.6 Å². The van der Waals surface area contributed by atoms with Crippen LogP contribution < -0.4 is 9.47 Å². The fourth-order valence-electron chi connectivity index (χ4n) is 6.52. The molecule has 6 nitrogen and oxygen atoms in total. The van der Waals surface area contributed by atoms with Crippen LogP contribution in [-0.4, -0.2) is 47.3 Å². The van der Waals surface area contributed by atoms with Crippen LogP contribution in [0.1, 0.15) is 66.9 Å². The summed E-state index contributed by atoms with van der Waals surface area (Å²) in [5.41, 5.74) is 5.15. The highest BCUT2D eigenvalue weighted by Crippen LogP contribution is 2.48. The van der Waals surface area contributed by atoms with Crippen LogP contribution in [-0.2, 0) is 17.8 Å². The predicted octanol–water partition coefficient (Wildman–Crippen LogP) is 6.72. The number of nitrogens with zero attached hydrogens (tertiary/aromatic N) is 2. The number of hydrogen-bond acceptors (Lipinski definition) is 5. The number of carboxylic acid groups (broad SMARTS) is 1. The van der Waals surface area contributed by atoms with Crippen molar-refractivity contribution < 1.29 is 28.2 Å². The number of fused-ring (bicyclic) bond motifs is 1. The van der Waals surface area contributed by atoms with Gasteiger partial charge in [-0.15, -0.1) is 0 Å². The van der Waals surface area contributed by atoms with Gasteiger partial charge in [-0.25, -0.2) is 13.8 Å². The van der Waals surface area contributed by atoms with Crippen LogP contribution in [0.4, 0.5) is 8.78 Å². The number of likely N-dealkylation sites (tertiary alicyclic amines) is 1. The molecule has 1 aliphatic carbocycles. The number of halogens is 2. The quantitative estimate of drug-likeness (QED) is 0.312. The molecule has 0 amide bonds. The molecule has 1 aromatic heterocycles. The zero-order chi connectivity index (χ0) is 28.7. The average Bonchev–Trinajstić information content (AvgIpc) is 3.73. The van der Waals surface area contributed by atoms with Crippen LogP contribution in [0.15, 0.2) is 48.7 Å². The Bertz CT molecular complexity index is 1440. The van der Waals surface area contributed by atoms with Gasteiger partial charge in [-0.1, -0.05) is 37.3 Å². The lowest BCUT2D eigenvalue weighted by Crippen LogP contribution is -2.22. The van der Waals surface area contributed by atoms with Crippen molar-refractivity contribution >= 4 is 5.97 Å². The van der Waals surface area contributed by atoms with Crippen LogP contribution in [0.3, 0.4) is 0 Å². The van der Waals surface area contributed by atoms with E-state index in [1.807, 2.05) is 18.2 Å². The fraction of sp³-hybridized carbons (Fsp3) is 0.455. The van der Waals surface area contributed by atoms with Gasteiger partial charge in [-0.05, 0) is 77.8 Å². The van der Waals surface area contributed by atoms with Crippen LogP contribution in [0, 0.1) is 17.7 Å². The Balaban J connectivity index is 1.31. The van der Waals surface area contributed by atoms with Gasteiger partial charge in [-0.3, -0.25) is 9.69 Å². The van der Waals surface area contributed by atoms with Crippen molar-refractivity contribution in [1.29, 1.82) is 0 Å². The molecule has 3 aromatic rings. The summed E-state index contributed by atoms with van der Waals surface area (Å²) < 4.78 is 40.8. The summed E-state index contributed by atoms with van der Waals surface area (Å²) in [5.74, 6) is -0.178. The van der Waals surface area contributed by atoms with E-state index in [9.17, 15) is 18.7 Å². The van der Waals surface area contributed by atoms with Crippen molar-refractivity contribution in [2.75, 3.05) is 20.2 Å². The summed E-state index contributed by atoms with van der Waals surface area (Å²) in [6.07, 6.45) is 4.35. The number of hydrogen-bond donors (Lipinski definition) is 1. The van der Waals surface area contributed by atoms with Crippen LogP contribution >= 0.6 is 0 Å². The Hall–Kier alpha value is -3.52. The average molecular weight is 563 g/mol. The first kappa shape index (κ1) is 27.6. The lowest BCUT2D eigenvalue weighted by molar-refractivity contribution is -0.142. The standard InChI is InChI=1S/C33H36F2N2O4/c1-19(33(38)39)32(21-4-5-21)23-6-3-20-8-10-29(41-30(20)14-23)22-7-9-26(27-15-31(40-2)36-16-28(27)35)24(13-22)17-37-12-11-25(34)18-37/h3,6-7,9,13-16,19,21,25,29,32H,4-5,8,10-12,17-18H2,1-2H3,(H,38,39)/t19-,25+,29?,32-/m0/s1. The van der Waals surface area contributed by atoms with Crippen molar-refractivity contribution in [3.8, 4) is 22.8 Å². The van der Waals surface area contributed by atoms with Crippen LogP contribution in [0.2, 0.25) is 0 Å². The van der Waals surface area contributed by atoms with Gasteiger partial charge in [0.05, 0.1) is 19.2 Å². The molecule has 41 heavy (non-hydrogen) atoms. The van der Waals surface area contributed by atoms with Gasteiger partial charge >= 0.3 is 5.97 Å². The number of ether oxygens (including phenoxy) is 2. The van der Waals surface area contributed by atoms with E-state index in [0.717, 1.165) is 65.4 Å². The molecule has 2 aromatic carbocycles. The normalized spacial score (nSPS) is 22.0. The molecule has 2 fully saturated rings. The third-order valence-corrected chi connectivity index (χ3v) is 8.92. The Labute approximate surface area is 239 Å². The topological polar surface area (TPSA) is 71.9 Å². The molecule has 2 aliphatic heterocycles. The number of methoxy groups -OCH3 is 1. The van der Waals surface area contributed by atoms with Crippen LogP contribution in [0.25, 0.3) is 11.1 Å². The number of aromatic nitrogens is 1. The highest BCUT2D eigenvalue weighted by atomic mass is 19.1. The van der Waals surface area contributed by atoms with Gasteiger partial charge in [0.2, 0.25) is 5.88 Å². The number of alkyl halides is 1. The summed E-state index contributed by atoms with van der Waals surface area (Å²) in [7, 11) is 1.50. The van der Waals surface area contributed by atoms with E-state index < -0.39 is 23.9 Å². The maximum Gasteiger partial charge on any atom is 0.306 e. The number of carbonyl (C=O) groups is 1. The molecule has 1 saturated carbocycles. The molecule has 3 heterocycles. The third-order valence-electron chi connectivity index (χ3n) is 8.92. The number of benzene rings is 2. The summed E-state index contributed by atoms with van der Waals surface area (Å²) in [5, 5.41) is 9.72. The van der Waals surface area contributed by atoms with E-state index in [2.05, 4.69) is 28.1 Å². The van der Waals surface area contributed by atoms with Crippen molar-refractivity contribution in [3.05, 3.63) is 76.7 Å². The summed E-state index contributed by atoms with van der Waals surface area (Å²) in [6, 6.07) is 13.8. The number of rotatable bonds is 9. The summed E-state index contributed by atoms with van der Waals surface area (Å²) >= 11 is 0. The first-order valence-corrected chi connectivity index (χ1v) is 14.5. The second kappa shape index (κ2) is 11.4. The van der Waals surface area contributed by atoms with Crippen molar-refractivity contribution in [2.24, 2.45) is 11.8 Å². The third kappa shape index (κ3) is 5.80. The Morgan fingerprint density at radius 1 is 1.15 bits per heavy atom. The predicted molar refractivity (Wildman–Crippen MR) is 151 cm³/mol. The Morgan fingerprint density at radius 2 is 1.98 bits per heavy atom. The Morgan fingerprint density at radius 3 is 2.68 bits per heavy atom. The van der Waals surface area contributed by atoms with Crippen molar-refractivity contribution in [1.82, 2.24) is 9.88 Å². The van der Waals surface area contributed by atoms with Gasteiger partial charge in [0.15, 0.2) is 0 Å². The SMILES string of the molecule is COc1cc(-c2ccc(C3CCc4ccc([C@H](C5CC5)[C@H](C)C(=O)O)cc4O3)cc2CN2CC[C@@H](F)C2)c(F)cn1. The number of aliphatic carboxylic acids is 1. The summed E-state index contributed by atoms with van der Waals surface area (Å²) in [4.78, 5) is 17.9. The summed E-state index contributed by atoms with van der Waals surface area (Å²) in [6.45, 7) is 3.31. The highest BCUT2D eigenvalue weighted by molar-refractivity contribution is 5.71. The number of aryl methyl sites for hydroxylation is 1. The second-order valence-corrected chi connectivity index (χ2v) is 11.7. The van der Waals surface area contributed by atoms with Gasteiger partial charge in [0.1, 0.15) is 23.8 Å².